The standard InChI is InChI=1S/C14H20F3NO2S/c1-4-11(5-2)9-18-21(19,20)13-8-6-7-12(10(13)3)14(15,16)17/h6-8,11,18H,4-5,9H2,1-3H3. The number of hydrogen-bond donors (Lipinski definition) is 1. The molecule has 3 nitrogen and oxygen atoms in total. The van der Waals surface area contributed by atoms with E-state index >= 15 is 0 Å². The maximum Gasteiger partial charge on any atom is 0.416 e. The molecule has 0 atom stereocenters. The topological polar surface area (TPSA) is 46.2 Å². The van der Waals surface area contributed by atoms with Gasteiger partial charge in [-0.2, -0.15) is 13.2 Å². The zero-order valence-corrected chi connectivity index (χ0v) is 13.1. The van der Waals surface area contributed by atoms with Crippen molar-refractivity contribution in [2.45, 2.75) is 44.7 Å². The highest BCUT2D eigenvalue weighted by Gasteiger charge is 2.34. The molecule has 0 radical (unpaired) electrons. The van der Waals surface area contributed by atoms with Crippen molar-refractivity contribution in [3.05, 3.63) is 29.3 Å². The van der Waals surface area contributed by atoms with E-state index in [2.05, 4.69) is 4.72 Å². The normalized spacial score (nSPS) is 12.9. The van der Waals surface area contributed by atoms with E-state index in [9.17, 15) is 21.6 Å². The van der Waals surface area contributed by atoms with Gasteiger partial charge in [0.15, 0.2) is 0 Å². The van der Waals surface area contributed by atoms with Crippen LogP contribution >= 0.6 is 0 Å². The fourth-order valence-electron chi connectivity index (χ4n) is 2.10. The van der Waals surface area contributed by atoms with Gasteiger partial charge in [0.2, 0.25) is 10.0 Å². The molecule has 7 heteroatoms. The summed E-state index contributed by atoms with van der Waals surface area (Å²) >= 11 is 0. The van der Waals surface area contributed by atoms with Gasteiger partial charge in [0.25, 0.3) is 0 Å². The Morgan fingerprint density at radius 3 is 2.24 bits per heavy atom. The second-order valence-corrected chi connectivity index (χ2v) is 6.70. The Kier molecular flexibility index (Phi) is 5.81. The van der Waals surface area contributed by atoms with E-state index in [1.807, 2.05) is 13.8 Å². The summed E-state index contributed by atoms with van der Waals surface area (Å²) in [6.07, 6.45) is -2.95. The Hall–Kier alpha value is -1.08. The van der Waals surface area contributed by atoms with Crippen molar-refractivity contribution in [1.29, 1.82) is 0 Å². The van der Waals surface area contributed by atoms with Crippen LogP contribution in [0.5, 0.6) is 0 Å². The summed E-state index contributed by atoms with van der Waals surface area (Å²) in [5.74, 6) is 0.172. The highest BCUT2D eigenvalue weighted by Crippen LogP contribution is 2.34. The first-order chi connectivity index (χ1) is 9.63. The van der Waals surface area contributed by atoms with Crippen LogP contribution in [-0.4, -0.2) is 15.0 Å². The number of nitrogens with one attached hydrogen (secondary N) is 1. The molecule has 0 unspecified atom stereocenters. The maximum absolute atomic E-state index is 12.8. The lowest BCUT2D eigenvalue weighted by molar-refractivity contribution is -0.138. The molecular weight excluding hydrogens is 303 g/mol. The Bertz CT molecular complexity index is 578. The summed E-state index contributed by atoms with van der Waals surface area (Å²) in [7, 11) is -3.94. The molecule has 0 saturated carbocycles. The number of sulfonamides is 1. The summed E-state index contributed by atoms with van der Waals surface area (Å²) in [6.45, 7) is 5.29. The van der Waals surface area contributed by atoms with Gasteiger partial charge < -0.3 is 0 Å². The molecule has 0 fully saturated rings. The second kappa shape index (κ2) is 6.79. The van der Waals surface area contributed by atoms with E-state index in [1.54, 1.807) is 0 Å². The van der Waals surface area contributed by atoms with Gasteiger partial charge in [-0.1, -0.05) is 32.8 Å². The minimum absolute atomic E-state index is 0.172. The molecule has 1 aromatic carbocycles. The molecule has 0 aromatic heterocycles. The predicted molar refractivity (Wildman–Crippen MR) is 75.4 cm³/mol. The van der Waals surface area contributed by atoms with Gasteiger partial charge in [-0.05, 0) is 30.5 Å². The monoisotopic (exact) mass is 323 g/mol. The third-order valence-corrected chi connectivity index (χ3v) is 5.16. The van der Waals surface area contributed by atoms with E-state index in [0.717, 1.165) is 25.0 Å². The van der Waals surface area contributed by atoms with Crippen molar-refractivity contribution in [3.63, 3.8) is 0 Å². The van der Waals surface area contributed by atoms with Crippen molar-refractivity contribution in [1.82, 2.24) is 4.72 Å². The first-order valence-corrected chi connectivity index (χ1v) is 8.28. The summed E-state index contributed by atoms with van der Waals surface area (Å²) < 4.78 is 65.3. The Morgan fingerprint density at radius 2 is 1.76 bits per heavy atom. The zero-order chi connectivity index (χ0) is 16.3. The first-order valence-electron chi connectivity index (χ1n) is 6.80. The number of hydrogen-bond acceptors (Lipinski definition) is 2. The molecule has 1 N–H and O–H groups in total. The van der Waals surface area contributed by atoms with Crippen LogP contribution in [-0.2, 0) is 16.2 Å². The molecule has 1 aromatic rings. The predicted octanol–water partition coefficient (Wildman–Crippen LogP) is 3.73. The van der Waals surface area contributed by atoms with Crippen LogP contribution in [0.25, 0.3) is 0 Å². The van der Waals surface area contributed by atoms with Crippen LogP contribution in [0.4, 0.5) is 13.2 Å². The average Bonchev–Trinajstić information content (AvgIpc) is 2.38. The Balaban J connectivity index is 3.10. The molecule has 21 heavy (non-hydrogen) atoms. The van der Waals surface area contributed by atoms with Crippen molar-refractivity contribution >= 4 is 10.0 Å². The zero-order valence-electron chi connectivity index (χ0n) is 12.3. The van der Waals surface area contributed by atoms with Crippen LogP contribution in [0.3, 0.4) is 0 Å². The fourth-order valence-corrected chi connectivity index (χ4v) is 3.48. The minimum atomic E-state index is -4.56. The average molecular weight is 323 g/mol. The van der Waals surface area contributed by atoms with Gasteiger partial charge in [0.1, 0.15) is 0 Å². The lowest BCUT2D eigenvalue weighted by atomic mass is 10.0. The number of rotatable bonds is 6. The minimum Gasteiger partial charge on any atom is -0.211 e. The molecule has 0 saturated heterocycles. The van der Waals surface area contributed by atoms with Crippen LogP contribution < -0.4 is 4.72 Å². The molecule has 0 aliphatic rings. The van der Waals surface area contributed by atoms with Gasteiger partial charge in [-0.3, -0.25) is 0 Å². The third kappa shape index (κ3) is 4.44. The van der Waals surface area contributed by atoms with E-state index in [-0.39, 0.29) is 22.9 Å². The number of halogens is 3. The highest BCUT2D eigenvalue weighted by atomic mass is 32.2. The smallest absolute Gasteiger partial charge is 0.211 e. The van der Waals surface area contributed by atoms with Crippen LogP contribution in [0, 0.1) is 12.8 Å². The molecule has 0 spiro atoms. The molecule has 120 valence electrons. The van der Waals surface area contributed by atoms with Crippen molar-refractivity contribution in [2.24, 2.45) is 5.92 Å². The quantitative estimate of drug-likeness (QED) is 0.867. The molecule has 0 heterocycles. The molecule has 0 bridgehead atoms. The largest absolute Gasteiger partial charge is 0.416 e. The Morgan fingerprint density at radius 1 is 1.19 bits per heavy atom. The van der Waals surface area contributed by atoms with E-state index in [1.165, 1.54) is 13.0 Å². The van der Waals surface area contributed by atoms with Gasteiger partial charge in [-0.25, -0.2) is 13.1 Å². The lowest BCUT2D eigenvalue weighted by Crippen LogP contribution is -2.30. The SMILES string of the molecule is CCC(CC)CNS(=O)(=O)c1cccc(C(F)(F)F)c1C. The van der Waals surface area contributed by atoms with E-state index in [4.69, 9.17) is 0 Å². The van der Waals surface area contributed by atoms with Gasteiger partial charge >= 0.3 is 6.18 Å². The van der Waals surface area contributed by atoms with Gasteiger partial charge in [-0.15, -0.1) is 0 Å². The molecular formula is C14H20F3NO2S. The van der Waals surface area contributed by atoms with Gasteiger partial charge in [0.05, 0.1) is 10.5 Å². The summed E-state index contributed by atoms with van der Waals surface area (Å²) in [6, 6.07) is 3.19. The summed E-state index contributed by atoms with van der Waals surface area (Å²) in [5.41, 5.74) is -1.20. The van der Waals surface area contributed by atoms with Crippen LogP contribution in [0.15, 0.2) is 23.1 Å². The van der Waals surface area contributed by atoms with Gasteiger partial charge in [0, 0.05) is 6.54 Å². The third-order valence-electron chi connectivity index (χ3n) is 3.60. The summed E-state index contributed by atoms with van der Waals surface area (Å²) in [5, 5.41) is 0. The van der Waals surface area contributed by atoms with E-state index in [0.29, 0.717) is 0 Å². The second-order valence-electron chi connectivity index (χ2n) is 4.96. The molecule has 0 aliphatic heterocycles. The van der Waals surface area contributed by atoms with Crippen LogP contribution in [0.1, 0.15) is 37.8 Å². The first kappa shape index (κ1) is 18.0. The lowest BCUT2D eigenvalue weighted by Gasteiger charge is -2.17. The van der Waals surface area contributed by atoms with E-state index < -0.39 is 21.8 Å². The number of benzene rings is 1. The number of alkyl halides is 3. The molecule has 1 rings (SSSR count). The molecule has 0 aliphatic carbocycles. The Labute approximate surface area is 123 Å². The fraction of sp³-hybridized carbons (Fsp3) is 0.571. The molecule has 0 amide bonds. The summed E-state index contributed by atoms with van der Waals surface area (Å²) in [4.78, 5) is -0.316. The maximum atomic E-state index is 12.8. The van der Waals surface area contributed by atoms with Crippen LogP contribution in [0.2, 0.25) is 0 Å². The van der Waals surface area contributed by atoms with Crippen molar-refractivity contribution < 1.29 is 21.6 Å². The van der Waals surface area contributed by atoms with Crippen molar-refractivity contribution in [2.75, 3.05) is 6.54 Å². The highest BCUT2D eigenvalue weighted by molar-refractivity contribution is 7.89. The van der Waals surface area contributed by atoms with Crippen molar-refractivity contribution in [3.8, 4) is 0 Å².